The third kappa shape index (κ3) is 3.72. The van der Waals surface area contributed by atoms with Crippen LogP contribution in [0, 0.1) is 17.5 Å². The molecular formula is C14H8ClF3N2O3. The lowest BCUT2D eigenvalue weighted by atomic mass is 10.2. The molecule has 0 saturated heterocycles. The van der Waals surface area contributed by atoms with E-state index in [2.05, 4.69) is 0 Å². The molecule has 2 aromatic carbocycles. The first-order valence-electron chi connectivity index (χ1n) is 6.04. The number of anilines is 2. The van der Waals surface area contributed by atoms with Crippen molar-refractivity contribution in [3.05, 3.63) is 52.8 Å². The molecule has 23 heavy (non-hydrogen) atoms. The molecule has 0 bridgehead atoms. The molecule has 120 valence electrons. The molecule has 0 fully saturated rings. The van der Waals surface area contributed by atoms with Gasteiger partial charge in [0.1, 0.15) is 5.75 Å². The summed E-state index contributed by atoms with van der Waals surface area (Å²) in [6, 6.07) is 5.07. The zero-order chi connectivity index (χ0) is 17.1. The van der Waals surface area contributed by atoms with E-state index >= 15 is 0 Å². The second kappa shape index (κ2) is 6.57. The third-order valence-corrected chi connectivity index (χ3v) is 2.93. The predicted octanol–water partition coefficient (Wildman–Crippen LogP) is 3.04. The fraction of sp³-hybridized carbons (Fsp3) is 0. The van der Waals surface area contributed by atoms with Gasteiger partial charge in [-0.1, -0.05) is 11.6 Å². The van der Waals surface area contributed by atoms with Crippen LogP contribution in [-0.4, -0.2) is 16.9 Å². The molecule has 0 aliphatic rings. The van der Waals surface area contributed by atoms with Crippen LogP contribution in [0.4, 0.5) is 24.5 Å². The van der Waals surface area contributed by atoms with Crippen molar-refractivity contribution in [1.82, 2.24) is 0 Å². The zero-order valence-electron chi connectivity index (χ0n) is 11.2. The summed E-state index contributed by atoms with van der Waals surface area (Å²) >= 11 is 5.67. The van der Waals surface area contributed by atoms with Crippen molar-refractivity contribution in [2.45, 2.75) is 0 Å². The maximum Gasteiger partial charge on any atom is 0.314 e. The normalized spacial score (nSPS) is 10.3. The van der Waals surface area contributed by atoms with Crippen molar-refractivity contribution in [2.24, 2.45) is 0 Å². The van der Waals surface area contributed by atoms with E-state index in [-0.39, 0.29) is 16.5 Å². The molecule has 0 unspecified atom stereocenters. The van der Waals surface area contributed by atoms with Crippen molar-refractivity contribution in [1.29, 1.82) is 0 Å². The number of hydrogen-bond acceptors (Lipinski definition) is 3. The fourth-order valence-electron chi connectivity index (χ4n) is 1.59. The van der Waals surface area contributed by atoms with Crippen molar-refractivity contribution in [3.63, 3.8) is 0 Å². The Labute approximate surface area is 132 Å². The van der Waals surface area contributed by atoms with Crippen LogP contribution in [0.15, 0.2) is 30.3 Å². The van der Waals surface area contributed by atoms with Gasteiger partial charge in [0.05, 0.1) is 11.4 Å². The van der Waals surface area contributed by atoms with Crippen LogP contribution in [0.2, 0.25) is 5.02 Å². The number of hydrogen-bond donors (Lipinski definition) is 3. The van der Waals surface area contributed by atoms with E-state index in [1.54, 1.807) is 5.32 Å². The van der Waals surface area contributed by atoms with Gasteiger partial charge in [0.15, 0.2) is 17.5 Å². The largest absolute Gasteiger partial charge is 0.506 e. The Morgan fingerprint density at radius 2 is 1.52 bits per heavy atom. The Morgan fingerprint density at radius 3 is 2.17 bits per heavy atom. The summed E-state index contributed by atoms with van der Waals surface area (Å²) in [6.45, 7) is 0. The minimum absolute atomic E-state index is 0.150. The van der Waals surface area contributed by atoms with Crippen molar-refractivity contribution >= 4 is 34.8 Å². The standard InChI is InChI=1S/C14H8ClF3N2O3/c15-6-1-4-10(21)9(5-6)20-14(23)13(22)19-8-3-2-7(16)11(17)12(8)18/h1-5,21H,(H,19,22)(H,20,23). The van der Waals surface area contributed by atoms with Gasteiger partial charge in [-0.3, -0.25) is 9.59 Å². The summed E-state index contributed by atoms with van der Waals surface area (Å²) in [7, 11) is 0. The van der Waals surface area contributed by atoms with E-state index in [0.29, 0.717) is 6.07 Å². The maximum absolute atomic E-state index is 13.4. The first-order chi connectivity index (χ1) is 10.8. The number of carbonyl (C=O) groups is 2. The van der Waals surface area contributed by atoms with Gasteiger partial charge < -0.3 is 15.7 Å². The number of nitrogens with one attached hydrogen (secondary N) is 2. The topological polar surface area (TPSA) is 78.4 Å². The number of carbonyl (C=O) groups excluding carboxylic acids is 2. The minimum Gasteiger partial charge on any atom is -0.506 e. The first-order valence-corrected chi connectivity index (χ1v) is 6.41. The summed E-state index contributed by atoms with van der Waals surface area (Å²) < 4.78 is 39.2. The summed E-state index contributed by atoms with van der Waals surface area (Å²) in [5.74, 6) is -7.84. The molecular weight excluding hydrogens is 337 g/mol. The van der Waals surface area contributed by atoms with Crippen LogP contribution >= 0.6 is 11.6 Å². The predicted molar refractivity (Wildman–Crippen MR) is 76.7 cm³/mol. The summed E-state index contributed by atoms with van der Waals surface area (Å²) in [4.78, 5) is 23.3. The number of amides is 2. The summed E-state index contributed by atoms with van der Waals surface area (Å²) in [5.41, 5.74) is -0.859. The average Bonchev–Trinajstić information content (AvgIpc) is 2.51. The molecule has 0 heterocycles. The molecule has 0 aliphatic carbocycles. The van der Waals surface area contributed by atoms with E-state index in [4.69, 9.17) is 11.6 Å². The van der Waals surface area contributed by atoms with Gasteiger partial charge in [-0.2, -0.15) is 0 Å². The van der Waals surface area contributed by atoms with Gasteiger partial charge in [-0.25, -0.2) is 13.2 Å². The van der Waals surface area contributed by atoms with Gasteiger partial charge in [0, 0.05) is 5.02 Å². The van der Waals surface area contributed by atoms with Crippen molar-refractivity contribution < 1.29 is 27.9 Å². The molecule has 0 saturated carbocycles. The molecule has 0 spiro atoms. The Hall–Kier alpha value is -2.74. The molecule has 2 amide bonds. The monoisotopic (exact) mass is 344 g/mol. The number of halogens is 4. The quantitative estimate of drug-likeness (QED) is 0.445. The molecule has 2 aromatic rings. The molecule has 0 aromatic heterocycles. The van der Waals surface area contributed by atoms with Crippen molar-refractivity contribution in [2.75, 3.05) is 10.6 Å². The van der Waals surface area contributed by atoms with Gasteiger partial charge in [0.2, 0.25) is 0 Å². The Bertz CT molecular complexity index is 799. The number of phenolic OH excluding ortho intramolecular Hbond substituents is 1. The number of phenols is 1. The molecule has 3 N–H and O–H groups in total. The van der Waals surface area contributed by atoms with E-state index in [1.807, 2.05) is 5.32 Å². The van der Waals surface area contributed by atoms with Crippen LogP contribution < -0.4 is 10.6 Å². The molecule has 5 nitrogen and oxygen atoms in total. The van der Waals surface area contributed by atoms with Crippen molar-refractivity contribution in [3.8, 4) is 5.75 Å². The van der Waals surface area contributed by atoms with E-state index in [0.717, 1.165) is 6.07 Å². The van der Waals surface area contributed by atoms with Crippen LogP contribution in [-0.2, 0) is 9.59 Å². The highest BCUT2D eigenvalue weighted by atomic mass is 35.5. The van der Waals surface area contributed by atoms with Gasteiger partial charge in [0.25, 0.3) is 0 Å². The number of benzene rings is 2. The second-order valence-corrected chi connectivity index (χ2v) is 4.73. The second-order valence-electron chi connectivity index (χ2n) is 4.29. The third-order valence-electron chi connectivity index (χ3n) is 2.70. The Kier molecular flexibility index (Phi) is 4.75. The molecule has 0 atom stereocenters. The average molecular weight is 345 g/mol. The van der Waals surface area contributed by atoms with Gasteiger partial charge >= 0.3 is 11.8 Å². The first kappa shape index (κ1) is 16.6. The van der Waals surface area contributed by atoms with E-state index in [9.17, 15) is 27.9 Å². The zero-order valence-corrected chi connectivity index (χ0v) is 11.9. The van der Waals surface area contributed by atoms with E-state index < -0.39 is 35.0 Å². The SMILES string of the molecule is O=C(Nc1cc(Cl)ccc1O)C(=O)Nc1ccc(F)c(F)c1F. The van der Waals surface area contributed by atoms with Crippen LogP contribution in [0.5, 0.6) is 5.75 Å². The molecule has 9 heteroatoms. The number of aromatic hydroxyl groups is 1. The Morgan fingerprint density at radius 1 is 0.913 bits per heavy atom. The van der Waals surface area contributed by atoms with Gasteiger partial charge in [-0.05, 0) is 30.3 Å². The van der Waals surface area contributed by atoms with E-state index in [1.165, 1.54) is 18.2 Å². The highest BCUT2D eigenvalue weighted by Crippen LogP contribution is 2.26. The Balaban J connectivity index is 2.13. The summed E-state index contributed by atoms with van der Waals surface area (Å²) in [5, 5.41) is 13.5. The van der Waals surface area contributed by atoms with Gasteiger partial charge in [-0.15, -0.1) is 0 Å². The lowest BCUT2D eigenvalue weighted by Crippen LogP contribution is -2.29. The summed E-state index contributed by atoms with van der Waals surface area (Å²) in [6.07, 6.45) is 0. The van der Waals surface area contributed by atoms with Crippen LogP contribution in [0.25, 0.3) is 0 Å². The molecule has 0 aliphatic heterocycles. The minimum atomic E-state index is -1.78. The fourth-order valence-corrected chi connectivity index (χ4v) is 1.76. The molecule has 0 radical (unpaired) electrons. The maximum atomic E-state index is 13.4. The smallest absolute Gasteiger partial charge is 0.314 e. The van der Waals surface area contributed by atoms with Crippen LogP contribution in [0.1, 0.15) is 0 Å². The van der Waals surface area contributed by atoms with Crippen LogP contribution in [0.3, 0.4) is 0 Å². The number of rotatable bonds is 2. The molecule has 2 rings (SSSR count). The highest BCUT2D eigenvalue weighted by molar-refractivity contribution is 6.44. The lowest BCUT2D eigenvalue weighted by molar-refractivity contribution is -0.133. The lowest BCUT2D eigenvalue weighted by Gasteiger charge is -2.09. The highest BCUT2D eigenvalue weighted by Gasteiger charge is 2.20.